The summed E-state index contributed by atoms with van der Waals surface area (Å²) in [5.41, 5.74) is 2.58. The summed E-state index contributed by atoms with van der Waals surface area (Å²) in [7, 11) is 3.41. The summed E-state index contributed by atoms with van der Waals surface area (Å²) in [4.78, 5) is 25.5. The average Bonchev–Trinajstić information content (AvgIpc) is 3.54. The number of anilines is 2. The fourth-order valence-corrected chi connectivity index (χ4v) is 6.08. The molecule has 1 N–H and O–H groups in total. The Balaban J connectivity index is 1.75. The molecule has 0 aliphatic rings. The number of hydrogen-bond acceptors (Lipinski definition) is 8. The van der Waals surface area contributed by atoms with Gasteiger partial charge in [-0.3, -0.25) is 0 Å². The minimum atomic E-state index is -1.04. The van der Waals surface area contributed by atoms with E-state index in [4.69, 9.17) is 26.1 Å². The van der Waals surface area contributed by atoms with E-state index in [2.05, 4.69) is 25.8 Å². The molecule has 0 fully saturated rings. The van der Waals surface area contributed by atoms with Crippen molar-refractivity contribution in [3.05, 3.63) is 63.4 Å². The molecule has 3 heterocycles. The zero-order chi connectivity index (χ0) is 27.4. The molecule has 0 atom stereocenters. The Kier molecular flexibility index (Phi) is 8.72. The number of carbonyl (C=O) groups is 1. The maximum absolute atomic E-state index is 12.2. The van der Waals surface area contributed by atoms with Gasteiger partial charge in [-0.25, -0.2) is 14.8 Å². The lowest BCUT2D eigenvalue weighted by Crippen LogP contribution is -2.15. The molecule has 0 radical (unpaired) electrons. The van der Waals surface area contributed by atoms with Crippen LogP contribution in [-0.2, 0) is 11.2 Å². The Bertz CT molecular complexity index is 1410. The van der Waals surface area contributed by atoms with Gasteiger partial charge in [0.15, 0.2) is 5.13 Å². The average molecular weight is 572 g/mol. The quantitative estimate of drug-likeness (QED) is 0.195. The molecule has 4 aromatic rings. The smallest absolute Gasteiger partial charge is 0.339 e. The number of benzene rings is 1. The van der Waals surface area contributed by atoms with Crippen LogP contribution in [0, 0.1) is 5.41 Å². The highest BCUT2D eigenvalue weighted by Gasteiger charge is 2.25. The van der Waals surface area contributed by atoms with Crippen molar-refractivity contribution in [1.82, 2.24) is 9.97 Å². The molecule has 3 aromatic heterocycles. The molecule has 0 bridgehead atoms. The van der Waals surface area contributed by atoms with Gasteiger partial charge in [0.2, 0.25) is 0 Å². The molecule has 0 saturated carbocycles. The van der Waals surface area contributed by atoms with Gasteiger partial charge in [-0.05, 0) is 41.5 Å². The summed E-state index contributed by atoms with van der Waals surface area (Å²) in [6, 6.07) is 11.2. The molecule has 4 rings (SSSR count). The van der Waals surface area contributed by atoms with Crippen molar-refractivity contribution in [2.75, 3.05) is 32.3 Å². The molecule has 0 aliphatic carbocycles. The van der Waals surface area contributed by atoms with Crippen LogP contribution < -0.4 is 9.64 Å². The summed E-state index contributed by atoms with van der Waals surface area (Å²) in [6.07, 6.45) is 2.49. The van der Waals surface area contributed by atoms with Crippen LogP contribution in [0.4, 0.5) is 10.9 Å². The van der Waals surface area contributed by atoms with Gasteiger partial charge in [-0.1, -0.05) is 44.5 Å². The van der Waals surface area contributed by atoms with Gasteiger partial charge >= 0.3 is 5.97 Å². The van der Waals surface area contributed by atoms with Crippen LogP contribution >= 0.6 is 34.3 Å². The van der Waals surface area contributed by atoms with Gasteiger partial charge in [0.1, 0.15) is 23.7 Å². The van der Waals surface area contributed by atoms with Crippen molar-refractivity contribution in [3.8, 4) is 27.4 Å². The first-order chi connectivity index (χ1) is 18.1. The van der Waals surface area contributed by atoms with E-state index in [0.29, 0.717) is 34.9 Å². The van der Waals surface area contributed by atoms with E-state index in [1.165, 1.54) is 22.7 Å². The minimum Gasteiger partial charge on any atom is -0.490 e. The first kappa shape index (κ1) is 28.0. The number of thiophene rings is 1. The van der Waals surface area contributed by atoms with Crippen molar-refractivity contribution in [3.63, 3.8) is 0 Å². The molecule has 200 valence electrons. The number of carboxylic acid groups (broad SMARTS) is 1. The van der Waals surface area contributed by atoms with E-state index in [0.717, 1.165) is 33.0 Å². The Morgan fingerprint density at radius 1 is 1.16 bits per heavy atom. The molecule has 7 nitrogen and oxygen atoms in total. The summed E-state index contributed by atoms with van der Waals surface area (Å²) >= 11 is 9.45. The fourth-order valence-electron chi connectivity index (χ4n) is 3.86. The topological polar surface area (TPSA) is 84.8 Å². The van der Waals surface area contributed by atoms with E-state index >= 15 is 0 Å². The molecule has 0 aliphatic heterocycles. The number of pyridine rings is 1. The number of ether oxygens (including phenoxy) is 2. The molecule has 0 unspecified atom stereocenters. The standard InChI is InChI=1S/C28H30ClN3O4S2/c1-28(2,3)15-23-24(17-8-9-20(29)21(14-17)36-11-10-35-5)31-27(38-23)32(4)25-19(26(33)34)13-18(16-30-25)22-7-6-12-37-22/h6-9,12-14,16H,10-11,15H2,1-5H3,(H,33,34). The summed E-state index contributed by atoms with van der Waals surface area (Å²) in [5.74, 6) is -0.148. The fraction of sp³-hybridized carbons (Fsp3) is 0.321. The second-order valence-electron chi connectivity index (χ2n) is 9.93. The maximum Gasteiger partial charge on any atom is 0.339 e. The number of methoxy groups -OCH3 is 1. The van der Waals surface area contributed by atoms with Crippen molar-refractivity contribution in [2.24, 2.45) is 5.41 Å². The van der Waals surface area contributed by atoms with E-state index in [-0.39, 0.29) is 11.0 Å². The third kappa shape index (κ3) is 6.53. The third-order valence-corrected chi connectivity index (χ3v) is 8.00. The number of carboxylic acids is 1. The van der Waals surface area contributed by atoms with Crippen LogP contribution in [0.3, 0.4) is 0 Å². The van der Waals surface area contributed by atoms with Gasteiger partial charge in [0.05, 0.1) is 17.3 Å². The number of aromatic carboxylic acids is 1. The predicted molar refractivity (Wildman–Crippen MR) is 156 cm³/mol. The zero-order valence-corrected chi connectivity index (χ0v) is 24.3. The van der Waals surface area contributed by atoms with E-state index < -0.39 is 5.97 Å². The van der Waals surface area contributed by atoms with E-state index in [1.54, 1.807) is 37.4 Å². The highest BCUT2D eigenvalue weighted by molar-refractivity contribution is 7.16. The number of halogens is 1. The van der Waals surface area contributed by atoms with Crippen LogP contribution in [0.5, 0.6) is 5.75 Å². The summed E-state index contributed by atoms with van der Waals surface area (Å²) in [6.45, 7) is 7.35. The second kappa shape index (κ2) is 11.8. The highest BCUT2D eigenvalue weighted by Crippen LogP contribution is 2.41. The van der Waals surface area contributed by atoms with Crippen molar-refractivity contribution >= 4 is 51.2 Å². The number of rotatable bonds is 10. The zero-order valence-electron chi connectivity index (χ0n) is 21.9. The van der Waals surface area contributed by atoms with Gasteiger partial charge in [-0.2, -0.15) is 0 Å². The molecule has 38 heavy (non-hydrogen) atoms. The normalized spacial score (nSPS) is 11.5. The predicted octanol–water partition coefficient (Wildman–Crippen LogP) is 7.67. The monoisotopic (exact) mass is 571 g/mol. The van der Waals surface area contributed by atoms with Gasteiger partial charge < -0.3 is 19.5 Å². The lowest BCUT2D eigenvalue weighted by Gasteiger charge is -2.18. The van der Waals surface area contributed by atoms with Crippen LogP contribution in [0.25, 0.3) is 21.7 Å². The van der Waals surface area contributed by atoms with Crippen molar-refractivity contribution < 1.29 is 19.4 Å². The van der Waals surface area contributed by atoms with Gasteiger partial charge in [0.25, 0.3) is 0 Å². The van der Waals surface area contributed by atoms with Gasteiger partial charge in [0, 0.05) is 41.2 Å². The van der Waals surface area contributed by atoms with Crippen LogP contribution in [0.15, 0.2) is 48.0 Å². The first-order valence-corrected chi connectivity index (χ1v) is 14.1. The third-order valence-electron chi connectivity index (χ3n) is 5.63. The minimum absolute atomic E-state index is 0.00811. The van der Waals surface area contributed by atoms with Crippen LogP contribution in [0.1, 0.15) is 36.0 Å². The molecule has 1 aromatic carbocycles. The molecule has 10 heteroatoms. The maximum atomic E-state index is 12.2. The van der Waals surface area contributed by atoms with E-state index in [9.17, 15) is 9.90 Å². The SMILES string of the molecule is COCCOc1cc(-c2nc(N(C)c3ncc(-c4cccs4)cc3C(=O)O)sc2CC(C)(C)C)ccc1Cl. The first-order valence-electron chi connectivity index (χ1n) is 12.0. The summed E-state index contributed by atoms with van der Waals surface area (Å²) in [5, 5.41) is 13.1. The Hall–Kier alpha value is -2.98. The summed E-state index contributed by atoms with van der Waals surface area (Å²) < 4.78 is 10.9. The van der Waals surface area contributed by atoms with Crippen LogP contribution in [-0.4, -0.2) is 48.4 Å². The lowest BCUT2D eigenvalue weighted by molar-refractivity contribution is 0.0697. The lowest BCUT2D eigenvalue weighted by atomic mass is 9.90. The molecular weight excluding hydrogens is 542 g/mol. The second-order valence-corrected chi connectivity index (χ2v) is 12.3. The van der Waals surface area contributed by atoms with Gasteiger partial charge in [-0.15, -0.1) is 22.7 Å². The number of aromatic nitrogens is 2. The molecule has 0 spiro atoms. The Morgan fingerprint density at radius 3 is 2.61 bits per heavy atom. The number of thiazole rings is 1. The molecule has 0 saturated heterocycles. The van der Waals surface area contributed by atoms with Crippen LogP contribution in [0.2, 0.25) is 5.02 Å². The van der Waals surface area contributed by atoms with Crippen molar-refractivity contribution in [2.45, 2.75) is 27.2 Å². The Labute approximate surface area is 235 Å². The largest absolute Gasteiger partial charge is 0.490 e. The molecule has 0 amide bonds. The van der Waals surface area contributed by atoms with Crippen molar-refractivity contribution in [1.29, 1.82) is 0 Å². The van der Waals surface area contributed by atoms with E-state index in [1.807, 2.05) is 29.6 Å². The number of nitrogens with zero attached hydrogens (tertiary/aromatic N) is 3. The number of hydrogen-bond donors (Lipinski definition) is 1. The Morgan fingerprint density at radius 2 is 1.95 bits per heavy atom. The molecular formula is C28H30ClN3O4S2. The highest BCUT2D eigenvalue weighted by atomic mass is 35.5.